The average molecular weight is 289 g/mol. The highest BCUT2D eigenvalue weighted by Gasteiger charge is 2.12. The molecule has 1 saturated heterocycles. The standard InChI is InChI=1S/C14H15N3O2S/c18-14(13-9-20-10-15-13)16-11-1-3-12(4-2-11)17-5-7-19-8-6-17/h1-4,9-10H,5-8H2,(H,16,18). The van der Waals surface area contributed by atoms with Crippen molar-refractivity contribution in [2.45, 2.75) is 0 Å². The van der Waals surface area contributed by atoms with E-state index in [4.69, 9.17) is 4.74 Å². The predicted octanol–water partition coefficient (Wildman–Crippen LogP) is 2.23. The molecule has 2 heterocycles. The van der Waals surface area contributed by atoms with Crippen molar-refractivity contribution >= 4 is 28.6 Å². The third-order valence-corrected chi connectivity index (χ3v) is 3.75. The molecule has 1 aliphatic heterocycles. The van der Waals surface area contributed by atoms with Gasteiger partial charge in [-0.2, -0.15) is 0 Å². The maximum Gasteiger partial charge on any atom is 0.275 e. The molecule has 1 aromatic heterocycles. The molecule has 3 rings (SSSR count). The van der Waals surface area contributed by atoms with Crippen molar-refractivity contribution in [1.82, 2.24) is 4.98 Å². The molecule has 0 aliphatic carbocycles. The molecule has 20 heavy (non-hydrogen) atoms. The van der Waals surface area contributed by atoms with Gasteiger partial charge in [-0.25, -0.2) is 4.98 Å². The fourth-order valence-corrected chi connectivity index (χ4v) is 2.63. The lowest BCUT2D eigenvalue weighted by Crippen LogP contribution is -2.36. The molecule has 104 valence electrons. The summed E-state index contributed by atoms with van der Waals surface area (Å²) in [7, 11) is 0. The first kappa shape index (κ1) is 13.1. The Morgan fingerprint density at radius 2 is 2.00 bits per heavy atom. The van der Waals surface area contributed by atoms with E-state index in [0.29, 0.717) is 5.69 Å². The van der Waals surface area contributed by atoms with E-state index in [2.05, 4.69) is 15.2 Å². The van der Waals surface area contributed by atoms with E-state index in [-0.39, 0.29) is 5.91 Å². The van der Waals surface area contributed by atoms with Crippen LogP contribution in [0, 0.1) is 0 Å². The number of ether oxygens (including phenoxy) is 1. The van der Waals surface area contributed by atoms with E-state index >= 15 is 0 Å². The smallest absolute Gasteiger partial charge is 0.275 e. The molecule has 0 saturated carbocycles. The zero-order valence-electron chi connectivity index (χ0n) is 10.9. The number of hydrogen-bond donors (Lipinski definition) is 1. The minimum Gasteiger partial charge on any atom is -0.378 e. The van der Waals surface area contributed by atoms with E-state index in [1.807, 2.05) is 24.3 Å². The Bertz CT molecular complexity index is 563. The van der Waals surface area contributed by atoms with Crippen molar-refractivity contribution in [3.8, 4) is 0 Å². The Morgan fingerprint density at radius 1 is 1.25 bits per heavy atom. The monoisotopic (exact) mass is 289 g/mol. The van der Waals surface area contributed by atoms with E-state index in [1.165, 1.54) is 11.3 Å². The number of morpholine rings is 1. The van der Waals surface area contributed by atoms with E-state index in [9.17, 15) is 4.79 Å². The maximum absolute atomic E-state index is 11.9. The number of benzene rings is 1. The van der Waals surface area contributed by atoms with Crippen molar-refractivity contribution in [2.24, 2.45) is 0 Å². The number of thiazole rings is 1. The van der Waals surface area contributed by atoms with Crippen molar-refractivity contribution < 1.29 is 9.53 Å². The number of nitrogens with zero attached hydrogens (tertiary/aromatic N) is 2. The molecule has 1 aliphatic rings. The van der Waals surface area contributed by atoms with Gasteiger partial charge in [-0.15, -0.1) is 11.3 Å². The lowest BCUT2D eigenvalue weighted by molar-refractivity contribution is 0.102. The first-order valence-corrected chi connectivity index (χ1v) is 7.39. The normalized spacial score (nSPS) is 15.1. The summed E-state index contributed by atoms with van der Waals surface area (Å²) in [5.74, 6) is -0.176. The van der Waals surface area contributed by atoms with Crippen LogP contribution in [0.4, 0.5) is 11.4 Å². The van der Waals surface area contributed by atoms with Crippen LogP contribution in [0.5, 0.6) is 0 Å². The minimum atomic E-state index is -0.176. The second kappa shape index (κ2) is 6.02. The predicted molar refractivity (Wildman–Crippen MR) is 79.5 cm³/mol. The highest BCUT2D eigenvalue weighted by Crippen LogP contribution is 2.19. The molecule has 0 atom stereocenters. The first-order valence-electron chi connectivity index (χ1n) is 6.45. The number of anilines is 2. The Kier molecular flexibility index (Phi) is 3.94. The molecule has 0 spiro atoms. The number of rotatable bonds is 3. The Labute approximate surface area is 121 Å². The van der Waals surface area contributed by atoms with E-state index in [1.54, 1.807) is 10.9 Å². The summed E-state index contributed by atoms with van der Waals surface area (Å²) in [6.45, 7) is 3.35. The molecule has 0 bridgehead atoms. The van der Waals surface area contributed by atoms with Crippen LogP contribution >= 0.6 is 11.3 Å². The SMILES string of the molecule is O=C(Nc1ccc(N2CCOCC2)cc1)c1cscn1. The third-order valence-electron chi connectivity index (χ3n) is 3.17. The molecular formula is C14H15N3O2S. The summed E-state index contributed by atoms with van der Waals surface area (Å²) in [6, 6.07) is 7.86. The van der Waals surface area contributed by atoms with Gasteiger partial charge in [0.2, 0.25) is 0 Å². The van der Waals surface area contributed by atoms with Crippen LogP contribution < -0.4 is 10.2 Å². The van der Waals surface area contributed by atoms with Crippen molar-refractivity contribution in [2.75, 3.05) is 36.5 Å². The van der Waals surface area contributed by atoms with Gasteiger partial charge in [-0.05, 0) is 24.3 Å². The molecule has 1 aromatic carbocycles. The van der Waals surface area contributed by atoms with Crippen LogP contribution in [0.25, 0.3) is 0 Å². The van der Waals surface area contributed by atoms with Crippen LogP contribution in [-0.2, 0) is 4.74 Å². The van der Waals surface area contributed by atoms with Crippen LogP contribution in [0.15, 0.2) is 35.2 Å². The molecular weight excluding hydrogens is 274 g/mol. The van der Waals surface area contributed by atoms with Gasteiger partial charge in [0.25, 0.3) is 5.91 Å². The summed E-state index contributed by atoms with van der Waals surface area (Å²) in [5, 5.41) is 4.57. The summed E-state index contributed by atoms with van der Waals surface area (Å²) >= 11 is 1.41. The second-order valence-electron chi connectivity index (χ2n) is 4.47. The molecule has 0 unspecified atom stereocenters. The van der Waals surface area contributed by atoms with Gasteiger partial charge in [0.05, 0.1) is 18.7 Å². The highest BCUT2D eigenvalue weighted by atomic mass is 32.1. The molecule has 6 heteroatoms. The largest absolute Gasteiger partial charge is 0.378 e. The topological polar surface area (TPSA) is 54.5 Å². The lowest BCUT2D eigenvalue weighted by atomic mass is 10.2. The molecule has 2 aromatic rings. The summed E-state index contributed by atoms with van der Waals surface area (Å²) < 4.78 is 5.33. The van der Waals surface area contributed by atoms with Gasteiger partial charge in [0.1, 0.15) is 5.69 Å². The van der Waals surface area contributed by atoms with Gasteiger partial charge >= 0.3 is 0 Å². The lowest BCUT2D eigenvalue weighted by Gasteiger charge is -2.28. The Morgan fingerprint density at radius 3 is 2.65 bits per heavy atom. The average Bonchev–Trinajstić information content (AvgIpc) is 3.03. The van der Waals surface area contributed by atoms with Crippen LogP contribution in [0.3, 0.4) is 0 Å². The van der Waals surface area contributed by atoms with Gasteiger partial charge < -0.3 is 15.0 Å². The zero-order chi connectivity index (χ0) is 13.8. The van der Waals surface area contributed by atoms with Gasteiger partial charge in [0, 0.05) is 29.8 Å². The maximum atomic E-state index is 11.9. The fourth-order valence-electron chi connectivity index (χ4n) is 2.10. The van der Waals surface area contributed by atoms with Crippen molar-refractivity contribution in [3.05, 3.63) is 40.8 Å². The van der Waals surface area contributed by atoms with Crippen LogP contribution in [0.2, 0.25) is 0 Å². The second-order valence-corrected chi connectivity index (χ2v) is 5.19. The Hall–Kier alpha value is -1.92. The quantitative estimate of drug-likeness (QED) is 0.941. The van der Waals surface area contributed by atoms with Gasteiger partial charge in [-0.1, -0.05) is 0 Å². The number of hydrogen-bond acceptors (Lipinski definition) is 5. The summed E-state index contributed by atoms with van der Waals surface area (Å²) in [6.07, 6.45) is 0. The van der Waals surface area contributed by atoms with E-state index in [0.717, 1.165) is 37.7 Å². The summed E-state index contributed by atoms with van der Waals surface area (Å²) in [4.78, 5) is 18.1. The fraction of sp³-hybridized carbons (Fsp3) is 0.286. The van der Waals surface area contributed by atoms with Crippen molar-refractivity contribution in [3.63, 3.8) is 0 Å². The number of nitrogens with one attached hydrogen (secondary N) is 1. The minimum absolute atomic E-state index is 0.176. The molecule has 1 fully saturated rings. The number of aromatic nitrogens is 1. The molecule has 0 radical (unpaired) electrons. The van der Waals surface area contributed by atoms with Crippen LogP contribution in [-0.4, -0.2) is 37.2 Å². The molecule has 1 N–H and O–H groups in total. The molecule has 5 nitrogen and oxygen atoms in total. The summed E-state index contributed by atoms with van der Waals surface area (Å²) in [5.41, 5.74) is 4.03. The van der Waals surface area contributed by atoms with E-state index < -0.39 is 0 Å². The number of amides is 1. The number of carbonyl (C=O) groups is 1. The number of carbonyl (C=O) groups excluding carboxylic acids is 1. The first-order chi connectivity index (χ1) is 9.83. The van der Waals surface area contributed by atoms with Gasteiger partial charge in [0.15, 0.2) is 0 Å². The zero-order valence-corrected chi connectivity index (χ0v) is 11.7. The highest BCUT2D eigenvalue weighted by molar-refractivity contribution is 7.07. The van der Waals surface area contributed by atoms with Crippen molar-refractivity contribution in [1.29, 1.82) is 0 Å². The van der Waals surface area contributed by atoms with Crippen LogP contribution in [0.1, 0.15) is 10.5 Å². The Balaban J connectivity index is 1.65. The molecule has 1 amide bonds. The van der Waals surface area contributed by atoms with Gasteiger partial charge in [-0.3, -0.25) is 4.79 Å². The third kappa shape index (κ3) is 2.97.